The Balaban J connectivity index is 2.24. The molecule has 0 radical (unpaired) electrons. The van der Waals surface area contributed by atoms with Gasteiger partial charge in [-0.05, 0) is 7.05 Å². The standard InChI is InChI=1S/C5H12N4/c1-6-3-5-4-9(2)8-7-5/h5-6H,3-4H2,1-2H3. The fourth-order valence-electron chi connectivity index (χ4n) is 0.880. The van der Waals surface area contributed by atoms with Crippen LogP contribution in [-0.2, 0) is 0 Å². The summed E-state index contributed by atoms with van der Waals surface area (Å²) in [4.78, 5) is 0. The van der Waals surface area contributed by atoms with Gasteiger partial charge >= 0.3 is 0 Å². The minimum absolute atomic E-state index is 0.361. The first-order chi connectivity index (χ1) is 4.33. The highest BCUT2D eigenvalue weighted by Gasteiger charge is 2.13. The van der Waals surface area contributed by atoms with Gasteiger partial charge < -0.3 is 5.32 Å². The van der Waals surface area contributed by atoms with Gasteiger partial charge in [0, 0.05) is 13.6 Å². The maximum atomic E-state index is 3.99. The molecule has 0 bridgehead atoms. The molecule has 0 aromatic rings. The number of likely N-dealkylation sites (N-methyl/N-ethyl adjacent to an activating group) is 2. The van der Waals surface area contributed by atoms with E-state index in [1.54, 1.807) is 0 Å². The minimum atomic E-state index is 0.361. The summed E-state index contributed by atoms with van der Waals surface area (Å²) < 4.78 is 0. The maximum absolute atomic E-state index is 3.99. The maximum Gasteiger partial charge on any atom is 0.104 e. The van der Waals surface area contributed by atoms with Gasteiger partial charge in [0.15, 0.2) is 0 Å². The van der Waals surface area contributed by atoms with Gasteiger partial charge in [0.2, 0.25) is 0 Å². The summed E-state index contributed by atoms with van der Waals surface area (Å²) in [7, 11) is 3.85. The van der Waals surface area contributed by atoms with Crippen molar-refractivity contribution in [1.82, 2.24) is 10.3 Å². The zero-order valence-electron chi connectivity index (χ0n) is 5.83. The molecule has 52 valence electrons. The first-order valence-corrected chi connectivity index (χ1v) is 3.09. The second-order valence-corrected chi connectivity index (χ2v) is 2.26. The van der Waals surface area contributed by atoms with Gasteiger partial charge in [-0.2, -0.15) is 5.11 Å². The summed E-state index contributed by atoms with van der Waals surface area (Å²) in [5.74, 6) is 0. The lowest BCUT2D eigenvalue weighted by molar-refractivity contribution is 0.377. The Kier molecular flexibility index (Phi) is 2.00. The first-order valence-electron chi connectivity index (χ1n) is 3.09. The second-order valence-electron chi connectivity index (χ2n) is 2.26. The van der Waals surface area contributed by atoms with E-state index >= 15 is 0 Å². The Morgan fingerprint density at radius 2 is 2.56 bits per heavy atom. The topological polar surface area (TPSA) is 40.0 Å². The molecule has 0 spiro atoms. The highest BCUT2D eigenvalue weighted by Crippen LogP contribution is 2.03. The van der Waals surface area contributed by atoms with Crippen molar-refractivity contribution < 1.29 is 0 Å². The SMILES string of the molecule is CNCC1CN(C)N=N1. The zero-order chi connectivity index (χ0) is 6.69. The Hall–Kier alpha value is -0.640. The van der Waals surface area contributed by atoms with Gasteiger partial charge in [-0.3, -0.25) is 5.01 Å². The summed E-state index contributed by atoms with van der Waals surface area (Å²) in [5, 5.41) is 12.7. The normalized spacial score (nSPS) is 25.6. The largest absolute Gasteiger partial charge is 0.317 e. The van der Waals surface area contributed by atoms with Crippen LogP contribution in [-0.4, -0.2) is 38.2 Å². The molecule has 1 aliphatic heterocycles. The Morgan fingerprint density at radius 3 is 3.00 bits per heavy atom. The van der Waals surface area contributed by atoms with Crippen molar-refractivity contribution in [2.24, 2.45) is 10.3 Å². The van der Waals surface area contributed by atoms with Crippen LogP contribution in [0.3, 0.4) is 0 Å². The molecule has 1 unspecified atom stereocenters. The van der Waals surface area contributed by atoms with Gasteiger partial charge in [-0.15, -0.1) is 0 Å². The summed E-state index contributed by atoms with van der Waals surface area (Å²) in [6.07, 6.45) is 0. The molecule has 0 aromatic heterocycles. The molecule has 1 heterocycles. The molecule has 0 saturated heterocycles. The smallest absolute Gasteiger partial charge is 0.104 e. The number of hydrogen-bond donors (Lipinski definition) is 1. The fourth-order valence-corrected chi connectivity index (χ4v) is 0.880. The molecular weight excluding hydrogens is 116 g/mol. The van der Waals surface area contributed by atoms with Gasteiger partial charge in [0.25, 0.3) is 0 Å². The van der Waals surface area contributed by atoms with Crippen molar-refractivity contribution in [2.45, 2.75) is 6.04 Å². The molecular formula is C5H12N4. The quantitative estimate of drug-likeness (QED) is 0.563. The molecule has 9 heavy (non-hydrogen) atoms. The molecule has 1 aliphatic rings. The van der Waals surface area contributed by atoms with E-state index in [0.29, 0.717) is 6.04 Å². The van der Waals surface area contributed by atoms with Crippen molar-refractivity contribution in [3.05, 3.63) is 0 Å². The molecule has 4 heteroatoms. The van der Waals surface area contributed by atoms with E-state index in [1.165, 1.54) is 0 Å². The predicted octanol–water partition coefficient (Wildman–Crippen LogP) is -0.113. The van der Waals surface area contributed by atoms with Crippen molar-refractivity contribution in [1.29, 1.82) is 0 Å². The lowest BCUT2D eigenvalue weighted by Gasteiger charge is -2.05. The number of rotatable bonds is 2. The molecule has 1 rings (SSSR count). The van der Waals surface area contributed by atoms with E-state index in [9.17, 15) is 0 Å². The van der Waals surface area contributed by atoms with Crippen LogP contribution in [0.15, 0.2) is 10.3 Å². The lowest BCUT2D eigenvalue weighted by Crippen LogP contribution is -2.26. The molecule has 0 fully saturated rings. The molecule has 0 saturated carbocycles. The van der Waals surface area contributed by atoms with Crippen LogP contribution >= 0.6 is 0 Å². The monoisotopic (exact) mass is 128 g/mol. The van der Waals surface area contributed by atoms with Crippen LogP contribution < -0.4 is 5.32 Å². The average Bonchev–Trinajstić information content (AvgIpc) is 2.17. The Morgan fingerprint density at radius 1 is 1.78 bits per heavy atom. The average molecular weight is 128 g/mol. The van der Waals surface area contributed by atoms with E-state index < -0.39 is 0 Å². The van der Waals surface area contributed by atoms with Crippen LogP contribution in [0.25, 0.3) is 0 Å². The number of nitrogens with one attached hydrogen (secondary N) is 1. The van der Waals surface area contributed by atoms with Crippen molar-refractivity contribution in [3.8, 4) is 0 Å². The van der Waals surface area contributed by atoms with Crippen LogP contribution in [0.4, 0.5) is 0 Å². The lowest BCUT2D eigenvalue weighted by atomic mass is 10.3. The van der Waals surface area contributed by atoms with E-state index in [2.05, 4.69) is 15.7 Å². The highest BCUT2D eigenvalue weighted by atomic mass is 15.6. The van der Waals surface area contributed by atoms with Gasteiger partial charge in [-0.25, -0.2) is 0 Å². The van der Waals surface area contributed by atoms with Crippen LogP contribution in [0.1, 0.15) is 0 Å². The third kappa shape index (κ3) is 1.64. The molecule has 0 aromatic carbocycles. The second kappa shape index (κ2) is 2.77. The minimum Gasteiger partial charge on any atom is -0.317 e. The fraction of sp³-hybridized carbons (Fsp3) is 1.00. The van der Waals surface area contributed by atoms with Crippen molar-refractivity contribution in [3.63, 3.8) is 0 Å². The van der Waals surface area contributed by atoms with Gasteiger partial charge in [0.1, 0.15) is 6.04 Å². The van der Waals surface area contributed by atoms with E-state index in [1.807, 2.05) is 19.1 Å². The van der Waals surface area contributed by atoms with Gasteiger partial charge in [-0.1, -0.05) is 5.22 Å². The number of nitrogens with zero attached hydrogens (tertiary/aromatic N) is 3. The predicted molar refractivity (Wildman–Crippen MR) is 35.2 cm³/mol. The third-order valence-corrected chi connectivity index (χ3v) is 1.28. The molecule has 1 N–H and O–H groups in total. The Bertz CT molecular complexity index is 112. The molecule has 0 aliphatic carbocycles. The van der Waals surface area contributed by atoms with Gasteiger partial charge in [0.05, 0.1) is 6.54 Å². The van der Waals surface area contributed by atoms with E-state index in [4.69, 9.17) is 0 Å². The summed E-state index contributed by atoms with van der Waals surface area (Å²) in [6, 6.07) is 0.361. The Labute approximate surface area is 54.9 Å². The zero-order valence-corrected chi connectivity index (χ0v) is 5.83. The summed E-state index contributed by atoms with van der Waals surface area (Å²) >= 11 is 0. The van der Waals surface area contributed by atoms with Crippen molar-refractivity contribution >= 4 is 0 Å². The molecule has 0 amide bonds. The van der Waals surface area contributed by atoms with Crippen LogP contribution in [0.2, 0.25) is 0 Å². The van der Waals surface area contributed by atoms with Crippen LogP contribution in [0, 0.1) is 0 Å². The number of hydrogen-bond acceptors (Lipinski definition) is 4. The van der Waals surface area contributed by atoms with E-state index in [-0.39, 0.29) is 0 Å². The highest BCUT2D eigenvalue weighted by molar-refractivity contribution is 4.72. The van der Waals surface area contributed by atoms with E-state index in [0.717, 1.165) is 13.1 Å². The third-order valence-electron chi connectivity index (χ3n) is 1.28. The molecule has 4 nitrogen and oxygen atoms in total. The summed E-state index contributed by atoms with van der Waals surface area (Å²) in [5.41, 5.74) is 0. The first kappa shape index (κ1) is 6.48. The van der Waals surface area contributed by atoms with Crippen LogP contribution in [0.5, 0.6) is 0 Å². The molecule has 1 atom stereocenters. The van der Waals surface area contributed by atoms with Crippen molar-refractivity contribution in [2.75, 3.05) is 27.2 Å². The summed E-state index contributed by atoms with van der Waals surface area (Å²) in [6.45, 7) is 1.87.